The summed E-state index contributed by atoms with van der Waals surface area (Å²) in [4.78, 5) is 16.1. The van der Waals surface area contributed by atoms with Crippen LogP contribution in [0.5, 0.6) is 0 Å². The van der Waals surface area contributed by atoms with Gasteiger partial charge in [-0.25, -0.2) is 0 Å². The van der Waals surface area contributed by atoms with Crippen molar-refractivity contribution in [1.82, 2.24) is 5.32 Å². The number of carbonyl (C=O) groups is 1. The lowest BCUT2D eigenvalue weighted by atomic mass is 9.90. The highest BCUT2D eigenvalue weighted by Crippen LogP contribution is 2.34. The number of aliphatic imine (C=N–C) groups is 1. The Balaban J connectivity index is 1.98. The Bertz CT molecular complexity index is 542. The number of nitrogens with one attached hydrogen (secondary N) is 1. The Labute approximate surface area is 106 Å². The molecule has 4 nitrogen and oxygen atoms in total. The molecule has 3 rings (SSSR count). The van der Waals surface area contributed by atoms with Crippen LogP contribution in [0, 0.1) is 0 Å². The molecule has 4 heteroatoms. The summed E-state index contributed by atoms with van der Waals surface area (Å²) < 4.78 is 0. The van der Waals surface area contributed by atoms with E-state index in [0.717, 1.165) is 36.3 Å². The fourth-order valence-electron chi connectivity index (χ4n) is 2.91. The molecule has 2 aliphatic rings. The van der Waals surface area contributed by atoms with Crippen molar-refractivity contribution in [3.8, 4) is 0 Å². The third kappa shape index (κ3) is 1.64. The van der Waals surface area contributed by atoms with E-state index in [2.05, 4.69) is 12.2 Å². The number of fused-ring (bicyclic) bond motifs is 1. The molecule has 0 spiro atoms. The summed E-state index contributed by atoms with van der Waals surface area (Å²) >= 11 is 0. The first-order valence-corrected chi connectivity index (χ1v) is 6.35. The average molecular weight is 243 g/mol. The lowest BCUT2D eigenvalue weighted by Gasteiger charge is -2.24. The zero-order valence-electron chi connectivity index (χ0n) is 10.5. The third-order valence-corrected chi connectivity index (χ3v) is 4.02. The topological polar surface area (TPSA) is 67.5 Å². The summed E-state index contributed by atoms with van der Waals surface area (Å²) in [5, 5.41) is 3.51. The quantitative estimate of drug-likeness (QED) is 0.827. The molecule has 3 N–H and O–H groups in total. The van der Waals surface area contributed by atoms with E-state index < -0.39 is 0 Å². The monoisotopic (exact) mass is 243 g/mol. The first kappa shape index (κ1) is 11.4. The predicted octanol–water partition coefficient (Wildman–Crippen LogP) is 1.56. The SMILES string of the molecule is C[C@]1(C2=Nc3cccc(C(N)=O)c3C2)CCCN1. The molecule has 18 heavy (non-hydrogen) atoms. The van der Waals surface area contributed by atoms with E-state index in [9.17, 15) is 4.79 Å². The largest absolute Gasteiger partial charge is 0.366 e. The van der Waals surface area contributed by atoms with Crippen LogP contribution >= 0.6 is 0 Å². The second-order valence-electron chi connectivity index (χ2n) is 5.27. The molecule has 0 radical (unpaired) electrons. The lowest BCUT2D eigenvalue weighted by molar-refractivity contribution is 0.0999. The number of primary amides is 1. The van der Waals surface area contributed by atoms with Crippen molar-refractivity contribution < 1.29 is 4.79 Å². The van der Waals surface area contributed by atoms with Gasteiger partial charge in [0.2, 0.25) is 5.91 Å². The van der Waals surface area contributed by atoms with Gasteiger partial charge in [-0.15, -0.1) is 0 Å². The van der Waals surface area contributed by atoms with Crippen molar-refractivity contribution in [3.05, 3.63) is 29.3 Å². The molecule has 1 amide bonds. The van der Waals surface area contributed by atoms with Crippen LogP contribution in [0.25, 0.3) is 0 Å². The molecule has 0 aromatic heterocycles. The van der Waals surface area contributed by atoms with Gasteiger partial charge in [0.05, 0.1) is 11.2 Å². The van der Waals surface area contributed by atoms with Gasteiger partial charge in [0.1, 0.15) is 0 Å². The van der Waals surface area contributed by atoms with Gasteiger partial charge >= 0.3 is 0 Å². The molecule has 0 aliphatic carbocycles. The van der Waals surface area contributed by atoms with Gasteiger partial charge < -0.3 is 11.1 Å². The summed E-state index contributed by atoms with van der Waals surface area (Å²) in [5.74, 6) is -0.368. The summed E-state index contributed by atoms with van der Waals surface area (Å²) in [6.45, 7) is 3.23. The highest BCUT2D eigenvalue weighted by atomic mass is 16.1. The number of rotatable bonds is 2. The highest BCUT2D eigenvalue weighted by Gasteiger charge is 2.36. The van der Waals surface area contributed by atoms with Crippen LogP contribution in [0.4, 0.5) is 5.69 Å². The molecule has 94 valence electrons. The molecule has 1 atom stereocenters. The highest BCUT2D eigenvalue weighted by molar-refractivity contribution is 6.05. The Kier molecular flexibility index (Phi) is 2.48. The summed E-state index contributed by atoms with van der Waals surface area (Å²) in [6, 6.07) is 5.58. The van der Waals surface area contributed by atoms with Crippen LogP contribution in [0.3, 0.4) is 0 Å². The van der Waals surface area contributed by atoms with Crippen LogP contribution in [-0.2, 0) is 6.42 Å². The molecule has 2 aliphatic heterocycles. The zero-order chi connectivity index (χ0) is 12.8. The number of carbonyl (C=O) groups excluding carboxylic acids is 1. The molecular weight excluding hydrogens is 226 g/mol. The Morgan fingerprint density at radius 2 is 2.33 bits per heavy atom. The fraction of sp³-hybridized carbons (Fsp3) is 0.429. The van der Waals surface area contributed by atoms with Crippen molar-refractivity contribution in [3.63, 3.8) is 0 Å². The van der Waals surface area contributed by atoms with Crippen molar-refractivity contribution >= 4 is 17.3 Å². The van der Waals surface area contributed by atoms with Crippen molar-refractivity contribution in [1.29, 1.82) is 0 Å². The smallest absolute Gasteiger partial charge is 0.249 e. The summed E-state index contributed by atoms with van der Waals surface area (Å²) in [6.07, 6.45) is 3.01. The second-order valence-corrected chi connectivity index (χ2v) is 5.27. The number of benzene rings is 1. The number of hydrogen-bond donors (Lipinski definition) is 2. The van der Waals surface area contributed by atoms with E-state index in [0.29, 0.717) is 5.56 Å². The average Bonchev–Trinajstić information content (AvgIpc) is 2.94. The normalized spacial score (nSPS) is 25.9. The van der Waals surface area contributed by atoms with Gasteiger partial charge in [0.25, 0.3) is 0 Å². The van der Waals surface area contributed by atoms with Crippen LogP contribution in [0.2, 0.25) is 0 Å². The van der Waals surface area contributed by atoms with Crippen molar-refractivity contribution in [2.75, 3.05) is 6.54 Å². The van der Waals surface area contributed by atoms with Gasteiger partial charge in [-0.1, -0.05) is 6.07 Å². The minimum absolute atomic E-state index is 0.0199. The third-order valence-electron chi connectivity index (χ3n) is 4.02. The Hall–Kier alpha value is -1.68. The van der Waals surface area contributed by atoms with Crippen LogP contribution in [0.1, 0.15) is 35.7 Å². The molecule has 1 aromatic carbocycles. The summed E-state index contributed by atoms with van der Waals surface area (Å²) in [5.41, 5.74) is 9.01. The standard InChI is InChI=1S/C14H17N3O/c1-14(6-3-7-16-14)12-8-10-9(13(15)18)4-2-5-11(10)17-12/h2,4-5,16H,3,6-8H2,1H3,(H2,15,18)/t14-/m1/s1. The zero-order valence-corrected chi connectivity index (χ0v) is 10.5. The number of nitrogens with two attached hydrogens (primary N) is 1. The molecule has 0 saturated carbocycles. The van der Waals surface area contributed by atoms with Crippen LogP contribution < -0.4 is 11.1 Å². The van der Waals surface area contributed by atoms with E-state index in [4.69, 9.17) is 10.7 Å². The fourth-order valence-corrected chi connectivity index (χ4v) is 2.91. The van der Waals surface area contributed by atoms with Crippen LogP contribution in [-0.4, -0.2) is 23.7 Å². The van der Waals surface area contributed by atoms with Gasteiger partial charge in [-0.2, -0.15) is 0 Å². The van der Waals surface area contributed by atoms with E-state index in [-0.39, 0.29) is 11.4 Å². The minimum Gasteiger partial charge on any atom is -0.366 e. The maximum absolute atomic E-state index is 11.4. The number of nitrogens with zero attached hydrogens (tertiary/aromatic N) is 1. The molecular formula is C14H17N3O. The van der Waals surface area contributed by atoms with Gasteiger partial charge in [-0.3, -0.25) is 9.79 Å². The minimum atomic E-state index is -0.368. The van der Waals surface area contributed by atoms with Crippen molar-refractivity contribution in [2.24, 2.45) is 10.7 Å². The second kappa shape index (κ2) is 3.92. The number of amides is 1. The number of hydrogen-bond acceptors (Lipinski definition) is 3. The van der Waals surface area contributed by atoms with E-state index in [1.807, 2.05) is 12.1 Å². The van der Waals surface area contributed by atoms with Gasteiger partial charge in [0, 0.05) is 17.7 Å². The molecule has 0 bridgehead atoms. The molecule has 0 unspecified atom stereocenters. The molecule has 2 heterocycles. The van der Waals surface area contributed by atoms with Gasteiger partial charge in [0.15, 0.2) is 0 Å². The van der Waals surface area contributed by atoms with E-state index in [1.54, 1.807) is 6.07 Å². The first-order chi connectivity index (χ1) is 8.60. The molecule has 1 saturated heterocycles. The van der Waals surface area contributed by atoms with E-state index in [1.165, 1.54) is 6.42 Å². The first-order valence-electron chi connectivity index (χ1n) is 6.35. The van der Waals surface area contributed by atoms with Gasteiger partial charge in [-0.05, 0) is 44.0 Å². The Morgan fingerprint density at radius 1 is 1.50 bits per heavy atom. The molecule has 1 fully saturated rings. The molecule has 1 aromatic rings. The Morgan fingerprint density at radius 3 is 3.00 bits per heavy atom. The predicted molar refractivity (Wildman–Crippen MR) is 71.4 cm³/mol. The maximum atomic E-state index is 11.4. The maximum Gasteiger partial charge on any atom is 0.249 e. The lowest BCUT2D eigenvalue weighted by Crippen LogP contribution is -2.44. The van der Waals surface area contributed by atoms with Crippen molar-refractivity contribution in [2.45, 2.75) is 31.7 Å². The summed E-state index contributed by atoms with van der Waals surface area (Å²) in [7, 11) is 0. The van der Waals surface area contributed by atoms with E-state index >= 15 is 0 Å². The van der Waals surface area contributed by atoms with Crippen LogP contribution in [0.15, 0.2) is 23.2 Å².